The summed E-state index contributed by atoms with van der Waals surface area (Å²) in [6.45, 7) is 11.2. The van der Waals surface area contributed by atoms with Crippen LogP contribution >= 0.6 is 0 Å². The third-order valence-corrected chi connectivity index (χ3v) is 13.9. The quantitative estimate of drug-likeness (QED) is 0.159. The topological polar surface area (TPSA) is 188 Å². The predicted octanol–water partition coefficient (Wildman–Crippen LogP) is 5.91. The Hall–Kier alpha value is -3.66. The van der Waals surface area contributed by atoms with E-state index in [1.165, 1.54) is 19.1 Å². The summed E-state index contributed by atoms with van der Waals surface area (Å²) in [5, 5.41) is 35.1. The molecule has 14 atom stereocenters. The third kappa shape index (κ3) is 12.2. The van der Waals surface area contributed by atoms with Crippen LogP contribution in [0.5, 0.6) is 11.5 Å². The largest absolute Gasteiger partial charge is 0.497 e. The molecule has 3 heterocycles. The maximum Gasteiger partial charge on any atom is 0.329 e. The number of methoxy groups -OCH3 is 3. The Morgan fingerprint density at radius 2 is 1.60 bits per heavy atom. The fourth-order valence-electron chi connectivity index (χ4n) is 10.1. The minimum Gasteiger partial charge on any atom is -0.497 e. The molecule has 0 spiro atoms. The fourth-order valence-corrected chi connectivity index (χ4v) is 10.1. The monoisotopic (exact) mass is 884 g/mol. The van der Waals surface area contributed by atoms with Gasteiger partial charge in [-0.05, 0) is 108 Å². The number of aliphatic hydroxyl groups excluding tert-OH is 2. The predicted molar refractivity (Wildman–Crippen MR) is 235 cm³/mol. The number of carbonyl (C=O) groups is 4. The minimum absolute atomic E-state index is 0.0221. The van der Waals surface area contributed by atoms with E-state index < -0.39 is 90.0 Å². The number of piperidine rings is 1. The highest BCUT2D eigenvalue weighted by Crippen LogP contribution is 2.39. The van der Waals surface area contributed by atoms with Crippen LogP contribution in [0, 0.1) is 29.6 Å². The van der Waals surface area contributed by atoms with Gasteiger partial charge < -0.3 is 48.6 Å². The number of aliphatic hydroxyl groups is 3. The van der Waals surface area contributed by atoms with E-state index in [2.05, 4.69) is 0 Å². The first-order chi connectivity index (χ1) is 29.9. The lowest BCUT2D eigenvalue weighted by atomic mass is 9.81. The Balaban J connectivity index is 1.47. The number of allylic oxidation sites excluding steroid dienone is 3. The number of rotatable bonds is 8. The van der Waals surface area contributed by atoms with E-state index in [-0.39, 0.29) is 43.4 Å². The van der Waals surface area contributed by atoms with E-state index in [4.69, 9.17) is 28.4 Å². The van der Waals surface area contributed by atoms with Crippen LogP contribution in [0.1, 0.15) is 112 Å². The molecule has 2 bridgehead atoms. The molecule has 1 saturated carbocycles. The summed E-state index contributed by atoms with van der Waals surface area (Å²) >= 11 is 0. The summed E-state index contributed by atoms with van der Waals surface area (Å²) in [6, 6.07) is 6.06. The van der Waals surface area contributed by atoms with Crippen molar-refractivity contribution in [2.45, 2.75) is 167 Å². The van der Waals surface area contributed by atoms with Crippen molar-refractivity contribution in [1.29, 1.82) is 0 Å². The van der Waals surface area contributed by atoms with Crippen molar-refractivity contribution in [2.75, 3.05) is 27.9 Å². The average Bonchev–Trinajstić information content (AvgIpc) is 3.26. The number of benzene rings is 1. The molecule has 14 heteroatoms. The van der Waals surface area contributed by atoms with Crippen LogP contribution in [-0.2, 0) is 38.1 Å². The van der Waals surface area contributed by atoms with Gasteiger partial charge in [0.2, 0.25) is 5.79 Å². The molecule has 1 aliphatic carbocycles. The summed E-state index contributed by atoms with van der Waals surface area (Å²) in [5.41, 5.74) is 1.61. The SMILES string of the molecule is CCC1/C=C(\C)CC(C)CC(OC)C2OC(O)(C(=O)C(=O)N3CCCCC3C(=O)OC(C(C)=CC3CCC(Oc4cccc(OC)c4)C(O)C3)C(C)C(O)CC1=O)C(C)CC2OC. The lowest BCUT2D eigenvalue weighted by molar-refractivity contribution is -0.302. The number of ketones is 2. The van der Waals surface area contributed by atoms with Gasteiger partial charge in [-0.3, -0.25) is 14.4 Å². The Labute approximate surface area is 373 Å². The van der Waals surface area contributed by atoms with Crippen molar-refractivity contribution in [3.63, 3.8) is 0 Å². The summed E-state index contributed by atoms with van der Waals surface area (Å²) < 4.78 is 35.8. The van der Waals surface area contributed by atoms with Gasteiger partial charge >= 0.3 is 5.97 Å². The number of amides is 1. The van der Waals surface area contributed by atoms with Gasteiger partial charge in [0.05, 0.1) is 31.5 Å². The molecular formula is C49H73NO13. The molecule has 1 aromatic rings. The molecular weight excluding hydrogens is 811 g/mol. The summed E-state index contributed by atoms with van der Waals surface area (Å²) in [7, 11) is 4.64. The molecule has 5 rings (SSSR count). The van der Waals surface area contributed by atoms with E-state index in [1.807, 2.05) is 51.1 Å². The number of carbonyl (C=O) groups excluding carboxylic acids is 4. The zero-order chi connectivity index (χ0) is 46.2. The first-order valence-electron chi connectivity index (χ1n) is 23.0. The Morgan fingerprint density at radius 3 is 2.27 bits per heavy atom. The van der Waals surface area contributed by atoms with Crippen LogP contribution in [0.15, 0.2) is 47.6 Å². The van der Waals surface area contributed by atoms with Crippen LogP contribution in [0.25, 0.3) is 0 Å². The maximum absolute atomic E-state index is 14.4. The first-order valence-corrected chi connectivity index (χ1v) is 23.0. The highest BCUT2D eigenvalue weighted by atomic mass is 16.7. The third-order valence-electron chi connectivity index (χ3n) is 13.9. The molecule has 352 valence electrons. The number of ether oxygens (including phenoxy) is 6. The van der Waals surface area contributed by atoms with Crippen molar-refractivity contribution >= 4 is 23.4 Å². The zero-order valence-corrected chi connectivity index (χ0v) is 38.8. The second-order valence-electron chi connectivity index (χ2n) is 18.7. The van der Waals surface area contributed by atoms with E-state index >= 15 is 0 Å². The Morgan fingerprint density at radius 1 is 0.905 bits per heavy atom. The Bertz CT molecular complexity index is 1800. The van der Waals surface area contributed by atoms with Crippen LogP contribution in [0.4, 0.5) is 0 Å². The zero-order valence-electron chi connectivity index (χ0n) is 38.8. The molecule has 14 nitrogen and oxygen atoms in total. The molecule has 4 aliphatic rings. The summed E-state index contributed by atoms with van der Waals surface area (Å²) in [5.74, 6) is -6.56. The number of hydrogen-bond acceptors (Lipinski definition) is 13. The van der Waals surface area contributed by atoms with Gasteiger partial charge in [-0.15, -0.1) is 0 Å². The van der Waals surface area contributed by atoms with Crippen molar-refractivity contribution in [3.05, 3.63) is 47.6 Å². The normalized spacial score (nSPS) is 38.1. The van der Waals surface area contributed by atoms with Gasteiger partial charge in [0.25, 0.3) is 11.7 Å². The molecule has 1 aromatic carbocycles. The van der Waals surface area contributed by atoms with Crippen LogP contribution in [-0.4, -0.2) is 126 Å². The smallest absolute Gasteiger partial charge is 0.329 e. The lowest BCUT2D eigenvalue weighted by Crippen LogP contribution is -2.64. The molecule has 3 N–H and O–H groups in total. The number of esters is 1. The fraction of sp³-hybridized carbons (Fsp3) is 0.714. The van der Waals surface area contributed by atoms with Gasteiger partial charge in [0.1, 0.15) is 41.6 Å². The summed E-state index contributed by atoms with van der Waals surface area (Å²) in [6.07, 6.45) is 2.93. The molecule has 14 unspecified atom stereocenters. The Kier molecular flexibility index (Phi) is 18.0. The molecule has 2 saturated heterocycles. The molecule has 3 aliphatic heterocycles. The van der Waals surface area contributed by atoms with E-state index in [0.29, 0.717) is 68.4 Å². The first kappa shape index (κ1) is 50.3. The van der Waals surface area contributed by atoms with Gasteiger partial charge in [0.15, 0.2) is 0 Å². The number of cyclic esters (lactones) is 1. The van der Waals surface area contributed by atoms with Crippen LogP contribution in [0.3, 0.4) is 0 Å². The van der Waals surface area contributed by atoms with Crippen molar-refractivity contribution in [2.24, 2.45) is 29.6 Å². The van der Waals surface area contributed by atoms with Gasteiger partial charge in [-0.1, -0.05) is 51.5 Å². The second kappa shape index (κ2) is 22.5. The maximum atomic E-state index is 14.4. The van der Waals surface area contributed by atoms with Crippen LogP contribution < -0.4 is 9.47 Å². The highest BCUT2D eigenvalue weighted by Gasteiger charge is 2.56. The molecule has 0 radical (unpaired) electrons. The van der Waals surface area contributed by atoms with Crippen molar-refractivity contribution < 1.29 is 62.9 Å². The average molecular weight is 884 g/mol. The van der Waals surface area contributed by atoms with Gasteiger partial charge in [0, 0.05) is 51.0 Å². The second-order valence-corrected chi connectivity index (χ2v) is 18.7. The summed E-state index contributed by atoms with van der Waals surface area (Å²) in [4.78, 5) is 58.1. The number of nitrogens with zero attached hydrogens (tertiary/aromatic N) is 1. The van der Waals surface area contributed by atoms with E-state index in [1.54, 1.807) is 33.9 Å². The minimum atomic E-state index is -2.52. The van der Waals surface area contributed by atoms with E-state index in [9.17, 15) is 34.5 Å². The van der Waals surface area contributed by atoms with Crippen LogP contribution in [0.2, 0.25) is 0 Å². The number of Topliss-reactive ketones (excluding diaryl/α,β-unsaturated/α-hetero) is 2. The number of hydrogen-bond donors (Lipinski definition) is 3. The highest BCUT2D eigenvalue weighted by molar-refractivity contribution is 6.39. The van der Waals surface area contributed by atoms with Crippen molar-refractivity contribution in [1.82, 2.24) is 4.90 Å². The standard InChI is InChI=1S/C49H73NO13/c1-10-34-21-28(2)20-29(3)22-42(59-8)45-43(60-9)24-31(5)49(57,63-45)46(54)47(55)50-19-12-11-16-37(50)48(56)62-44(32(6)38(51)27-39(34)52)30(4)23-33-17-18-41(40(53)25-33)61-36-15-13-14-35(26-36)58-7/h13-15,21,23,26,29,31-34,37-38,40-45,51,53,57H,10-12,16-20,22,24-25,27H2,1-9H3/b28-21+,30-23?. The van der Waals surface area contributed by atoms with Gasteiger partial charge in [-0.25, -0.2) is 4.79 Å². The van der Waals surface area contributed by atoms with Crippen molar-refractivity contribution in [3.8, 4) is 11.5 Å². The molecule has 63 heavy (non-hydrogen) atoms. The number of fused-ring (bicyclic) bond motifs is 3. The molecule has 3 fully saturated rings. The van der Waals surface area contributed by atoms with Gasteiger partial charge in [-0.2, -0.15) is 0 Å². The molecule has 0 aromatic heterocycles. The molecule has 1 amide bonds. The van der Waals surface area contributed by atoms with E-state index in [0.717, 1.165) is 5.57 Å². The lowest BCUT2D eigenvalue weighted by Gasteiger charge is -2.47.